The Hall–Kier alpha value is -1.23. The zero-order chi connectivity index (χ0) is 13.2. The van der Waals surface area contributed by atoms with Crippen LogP contribution in [0.3, 0.4) is 0 Å². The molecule has 0 saturated carbocycles. The zero-order valence-corrected chi connectivity index (χ0v) is 11.5. The molecule has 1 atom stereocenters. The predicted octanol–water partition coefficient (Wildman–Crippen LogP) is 1.67. The third-order valence-corrected chi connectivity index (χ3v) is 5.09. The molecule has 2 N–H and O–H groups in total. The topological polar surface area (TPSA) is 63.4 Å². The molecule has 100 valence electrons. The standard InChI is InChI=1S/C13H20N2O2S/c1-2-8-15(12-5-3-11(14)4-6-12)13-7-9-18(16,17)10-13/h3-6,13H,2,7-10,14H2,1H3. The summed E-state index contributed by atoms with van der Waals surface area (Å²) >= 11 is 0. The van der Waals surface area contributed by atoms with Crippen molar-refractivity contribution in [3.63, 3.8) is 0 Å². The van der Waals surface area contributed by atoms with Crippen molar-refractivity contribution in [2.24, 2.45) is 0 Å². The molecule has 4 nitrogen and oxygen atoms in total. The SMILES string of the molecule is CCCN(c1ccc(N)cc1)C1CCS(=O)(=O)C1. The van der Waals surface area contributed by atoms with Gasteiger partial charge in [-0.05, 0) is 37.1 Å². The molecule has 0 amide bonds. The van der Waals surface area contributed by atoms with Crippen LogP contribution in [0.5, 0.6) is 0 Å². The van der Waals surface area contributed by atoms with Crippen LogP contribution < -0.4 is 10.6 Å². The molecule has 0 aromatic heterocycles. The van der Waals surface area contributed by atoms with E-state index in [9.17, 15) is 8.42 Å². The molecule has 18 heavy (non-hydrogen) atoms. The summed E-state index contributed by atoms with van der Waals surface area (Å²) in [5.74, 6) is 0.588. The molecule has 0 aliphatic carbocycles. The number of nitrogens with two attached hydrogens (primary N) is 1. The van der Waals surface area contributed by atoms with Crippen molar-refractivity contribution in [2.75, 3.05) is 28.7 Å². The van der Waals surface area contributed by atoms with Gasteiger partial charge in [-0.3, -0.25) is 0 Å². The molecular weight excluding hydrogens is 248 g/mol. The van der Waals surface area contributed by atoms with Gasteiger partial charge in [0.05, 0.1) is 11.5 Å². The first kappa shape index (κ1) is 13.2. The predicted molar refractivity (Wildman–Crippen MR) is 75.6 cm³/mol. The summed E-state index contributed by atoms with van der Waals surface area (Å²) < 4.78 is 23.2. The number of anilines is 2. The highest BCUT2D eigenvalue weighted by molar-refractivity contribution is 7.91. The van der Waals surface area contributed by atoms with Crippen LogP contribution in [0, 0.1) is 0 Å². The molecule has 1 aromatic rings. The summed E-state index contributed by atoms with van der Waals surface area (Å²) in [7, 11) is -2.84. The van der Waals surface area contributed by atoms with Gasteiger partial charge in [0.15, 0.2) is 9.84 Å². The number of hydrogen-bond acceptors (Lipinski definition) is 4. The number of sulfone groups is 1. The Balaban J connectivity index is 2.21. The second kappa shape index (κ2) is 5.18. The van der Waals surface area contributed by atoms with Gasteiger partial charge in [-0.1, -0.05) is 6.92 Å². The molecule has 1 aliphatic rings. The van der Waals surface area contributed by atoms with Crippen LogP contribution in [-0.2, 0) is 9.84 Å². The van der Waals surface area contributed by atoms with Crippen molar-refractivity contribution in [3.8, 4) is 0 Å². The minimum absolute atomic E-state index is 0.110. The fraction of sp³-hybridized carbons (Fsp3) is 0.538. The summed E-state index contributed by atoms with van der Waals surface area (Å²) in [6, 6.07) is 7.77. The van der Waals surface area contributed by atoms with Gasteiger partial charge in [-0.25, -0.2) is 8.42 Å². The van der Waals surface area contributed by atoms with E-state index >= 15 is 0 Å². The summed E-state index contributed by atoms with van der Waals surface area (Å²) in [5.41, 5.74) is 7.48. The lowest BCUT2D eigenvalue weighted by Crippen LogP contribution is -2.36. The lowest BCUT2D eigenvalue weighted by Gasteiger charge is -2.30. The van der Waals surface area contributed by atoms with E-state index in [2.05, 4.69) is 11.8 Å². The Morgan fingerprint density at radius 3 is 2.50 bits per heavy atom. The first-order chi connectivity index (χ1) is 8.52. The Kier molecular flexibility index (Phi) is 3.80. The van der Waals surface area contributed by atoms with Crippen LogP contribution >= 0.6 is 0 Å². The van der Waals surface area contributed by atoms with Crippen molar-refractivity contribution in [1.29, 1.82) is 0 Å². The van der Waals surface area contributed by atoms with Crippen molar-refractivity contribution in [1.82, 2.24) is 0 Å². The van der Waals surface area contributed by atoms with E-state index in [0.717, 1.165) is 30.8 Å². The van der Waals surface area contributed by atoms with Crippen LogP contribution in [0.2, 0.25) is 0 Å². The zero-order valence-electron chi connectivity index (χ0n) is 10.7. The largest absolute Gasteiger partial charge is 0.399 e. The third kappa shape index (κ3) is 2.96. The lowest BCUT2D eigenvalue weighted by molar-refractivity contribution is 0.598. The van der Waals surface area contributed by atoms with Gasteiger partial charge in [0.1, 0.15) is 0 Å². The fourth-order valence-corrected chi connectivity index (χ4v) is 4.18. The maximum absolute atomic E-state index is 11.6. The smallest absolute Gasteiger partial charge is 0.152 e. The number of benzene rings is 1. The number of nitrogen functional groups attached to an aromatic ring is 1. The molecule has 1 fully saturated rings. The van der Waals surface area contributed by atoms with Gasteiger partial charge in [0.25, 0.3) is 0 Å². The maximum Gasteiger partial charge on any atom is 0.152 e. The quantitative estimate of drug-likeness (QED) is 0.844. The average Bonchev–Trinajstić information content (AvgIpc) is 2.68. The third-order valence-electron chi connectivity index (χ3n) is 3.34. The van der Waals surface area contributed by atoms with Gasteiger partial charge in [-0.2, -0.15) is 0 Å². The van der Waals surface area contributed by atoms with Crippen molar-refractivity contribution in [3.05, 3.63) is 24.3 Å². The summed E-state index contributed by atoms with van der Waals surface area (Å²) in [6.07, 6.45) is 1.73. The molecule has 1 heterocycles. The number of rotatable bonds is 4. The summed E-state index contributed by atoms with van der Waals surface area (Å²) in [6.45, 7) is 2.98. The minimum Gasteiger partial charge on any atom is -0.399 e. The monoisotopic (exact) mass is 268 g/mol. The van der Waals surface area contributed by atoms with Crippen LogP contribution in [0.4, 0.5) is 11.4 Å². The molecule has 1 unspecified atom stereocenters. The molecule has 2 rings (SSSR count). The molecule has 0 spiro atoms. The highest BCUT2D eigenvalue weighted by Gasteiger charge is 2.32. The first-order valence-corrected chi connectivity index (χ1v) is 8.16. The molecular formula is C13H20N2O2S. The number of nitrogens with zero attached hydrogens (tertiary/aromatic N) is 1. The van der Waals surface area contributed by atoms with Gasteiger partial charge < -0.3 is 10.6 Å². The van der Waals surface area contributed by atoms with Gasteiger partial charge >= 0.3 is 0 Å². The van der Waals surface area contributed by atoms with Gasteiger partial charge in [-0.15, -0.1) is 0 Å². The van der Waals surface area contributed by atoms with Crippen LogP contribution in [0.1, 0.15) is 19.8 Å². The molecule has 5 heteroatoms. The van der Waals surface area contributed by atoms with E-state index in [0.29, 0.717) is 5.75 Å². The first-order valence-electron chi connectivity index (χ1n) is 6.34. The van der Waals surface area contributed by atoms with Crippen LogP contribution in [-0.4, -0.2) is 32.5 Å². The van der Waals surface area contributed by atoms with E-state index in [1.165, 1.54) is 0 Å². The van der Waals surface area contributed by atoms with Gasteiger partial charge in [0.2, 0.25) is 0 Å². The van der Waals surface area contributed by atoms with E-state index in [4.69, 9.17) is 5.73 Å². The van der Waals surface area contributed by atoms with Crippen LogP contribution in [0.15, 0.2) is 24.3 Å². The average molecular weight is 268 g/mol. The van der Waals surface area contributed by atoms with E-state index in [1.54, 1.807) is 0 Å². The van der Waals surface area contributed by atoms with E-state index in [1.807, 2.05) is 24.3 Å². The molecule has 0 bridgehead atoms. The fourth-order valence-electron chi connectivity index (χ4n) is 2.45. The highest BCUT2D eigenvalue weighted by atomic mass is 32.2. The molecule has 0 radical (unpaired) electrons. The summed E-state index contributed by atoms with van der Waals surface area (Å²) in [4.78, 5) is 2.20. The Labute approximate surface area is 109 Å². The van der Waals surface area contributed by atoms with Gasteiger partial charge in [0, 0.05) is 24.0 Å². The molecule has 1 saturated heterocycles. The molecule has 1 aromatic carbocycles. The Bertz CT molecular complexity index is 496. The van der Waals surface area contributed by atoms with Crippen LogP contribution in [0.25, 0.3) is 0 Å². The van der Waals surface area contributed by atoms with E-state index < -0.39 is 9.84 Å². The minimum atomic E-state index is -2.84. The molecule has 1 aliphatic heterocycles. The van der Waals surface area contributed by atoms with Crippen molar-refractivity contribution in [2.45, 2.75) is 25.8 Å². The second-order valence-electron chi connectivity index (χ2n) is 4.84. The Morgan fingerprint density at radius 2 is 2.00 bits per heavy atom. The number of hydrogen-bond donors (Lipinski definition) is 1. The summed E-state index contributed by atoms with van der Waals surface area (Å²) in [5, 5.41) is 0. The maximum atomic E-state index is 11.6. The Morgan fingerprint density at radius 1 is 1.33 bits per heavy atom. The normalized spacial score (nSPS) is 21.9. The lowest BCUT2D eigenvalue weighted by atomic mass is 10.1. The highest BCUT2D eigenvalue weighted by Crippen LogP contribution is 2.25. The van der Waals surface area contributed by atoms with Crippen molar-refractivity contribution < 1.29 is 8.42 Å². The van der Waals surface area contributed by atoms with E-state index in [-0.39, 0.29) is 11.8 Å². The van der Waals surface area contributed by atoms with Crippen molar-refractivity contribution >= 4 is 21.2 Å². The second-order valence-corrected chi connectivity index (χ2v) is 7.07.